The molecular formula is C24H35FO. The number of allylic oxidation sites excluding steroid dienone is 2. The van der Waals surface area contributed by atoms with Gasteiger partial charge in [-0.3, -0.25) is 0 Å². The lowest BCUT2D eigenvalue weighted by atomic mass is 9.69. The monoisotopic (exact) mass is 358 g/mol. The fraction of sp³-hybridized carbons (Fsp3) is 0.667. The van der Waals surface area contributed by atoms with Crippen LogP contribution in [0.15, 0.2) is 36.4 Å². The van der Waals surface area contributed by atoms with E-state index in [1.807, 2.05) is 0 Å². The van der Waals surface area contributed by atoms with Gasteiger partial charge in [0.2, 0.25) is 0 Å². The van der Waals surface area contributed by atoms with Crippen molar-refractivity contribution in [2.45, 2.75) is 71.1 Å². The van der Waals surface area contributed by atoms with Crippen LogP contribution in [0.5, 0.6) is 5.75 Å². The molecule has 0 aromatic heterocycles. The van der Waals surface area contributed by atoms with Gasteiger partial charge >= 0.3 is 0 Å². The normalized spacial score (nSPS) is 29.8. The summed E-state index contributed by atoms with van der Waals surface area (Å²) in [7, 11) is 0. The molecule has 26 heavy (non-hydrogen) atoms. The largest absolute Gasteiger partial charge is 0.493 e. The van der Waals surface area contributed by atoms with E-state index in [2.05, 4.69) is 19.1 Å². The van der Waals surface area contributed by atoms with E-state index in [1.165, 1.54) is 76.3 Å². The van der Waals surface area contributed by atoms with Crippen LogP contribution in [0.3, 0.4) is 0 Å². The van der Waals surface area contributed by atoms with Crippen LogP contribution in [0.2, 0.25) is 0 Å². The maximum Gasteiger partial charge on any atom is 0.123 e. The molecule has 1 aromatic rings. The van der Waals surface area contributed by atoms with Crippen LogP contribution in [-0.4, -0.2) is 6.61 Å². The van der Waals surface area contributed by atoms with Gasteiger partial charge in [0.15, 0.2) is 0 Å². The third-order valence-electron chi connectivity index (χ3n) is 6.54. The number of rotatable bonds is 7. The van der Waals surface area contributed by atoms with Gasteiger partial charge in [0, 0.05) is 0 Å². The van der Waals surface area contributed by atoms with Gasteiger partial charge in [0.1, 0.15) is 11.6 Å². The van der Waals surface area contributed by atoms with Crippen LogP contribution in [-0.2, 0) is 0 Å². The highest BCUT2D eigenvalue weighted by molar-refractivity contribution is 5.22. The van der Waals surface area contributed by atoms with E-state index in [0.717, 1.165) is 30.1 Å². The second-order valence-corrected chi connectivity index (χ2v) is 8.44. The lowest BCUT2D eigenvalue weighted by Gasteiger charge is -2.37. The summed E-state index contributed by atoms with van der Waals surface area (Å²) in [5.41, 5.74) is 0. The van der Waals surface area contributed by atoms with E-state index in [4.69, 9.17) is 4.74 Å². The molecule has 2 aliphatic carbocycles. The molecule has 0 atom stereocenters. The van der Waals surface area contributed by atoms with Crippen molar-refractivity contribution in [3.63, 3.8) is 0 Å². The predicted molar refractivity (Wildman–Crippen MR) is 107 cm³/mol. The summed E-state index contributed by atoms with van der Waals surface area (Å²) in [6.07, 6.45) is 18.4. The first-order valence-electron chi connectivity index (χ1n) is 10.8. The Morgan fingerprint density at radius 2 is 1.54 bits per heavy atom. The Balaban J connectivity index is 1.34. The number of halogens is 1. The molecule has 0 N–H and O–H groups in total. The topological polar surface area (TPSA) is 9.23 Å². The summed E-state index contributed by atoms with van der Waals surface area (Å²) in [4.78, 5) is 0. The zero-order chi connectivity index (χ0) is 18.2. The Morgan fingerprint density at radius 3 is 2.15 bits per heavy atom. The number of hydrogen-bond donors (Lipinski definition) is 0. The molecule has 0 unspecified atom stereocenters. The molecule has 1 nitrogen and oxygen atoms in total. The van der Waals surface area contributed by atoms with Gasteiger partial charge in [0.25, 0.3) is 0 Å². The first-order chi connectivity index (χ1) is 12.7. The average Bonchev–Trinajstić information content (AvgIpc) is 2.69. The third kappa shape index (κ3) is 5.86. The van der Waals surface area contributed by atoms with Crippen LogP contribution in [0.1, 0.15) is 71.1 Å². The van der Waals surface area contributed by atoms with Crippen molar-refractivity contribution in [2.24, 2.45) is 23.7 Å². The molecule has 2 saturated carbocycles. The lowest BCUT2D eigenvalue weighted by Crippen LogP contribution is -2.27. The fourth-order valence-electron chi connectivity index (χ4n) is 4.84. The molecule has 0 aliphatic heterocycles. The van der Waals surface area contributed by atoms with Gasteiger partial charge < -0.3 is 4.74 Å². The molecule has 0 saturated heterocycles. The number of hydrogen-bond acceptors (Lipinski definition) is 1. The van der Waals surface area contributed by atoms with E-state index < -0.39 is 0 Å². The maximum atomic E-state index is 12.9. The van der Waals surface area contributed by atoms with Crippen molar-refractivity contribution in [3.8, 4) is 5.75 Å². The fourth-order valence-corrected chi connectivity index (χ4v) is 4.84. The van der Waals surface area contributed by atoms with E-state index in [9.17, 15) is 4.39 Å². The highest BCUT2D eigenvalue weighted by Gasteiger charge is 2.30. The highest BCUT2D eigenvalue weighted by atomic mass is 19.1. The first kappa shape index (κ1) is 19.5. The van der Waals surface area contributed by atoms with E-state index in [0.29, 0.717) is 5.92 Å². The summed E-state index contributed by atoms with van der Waals surface area (Å²) in [5, 5.41) is 0. The summed E-state index contributed by atoms with van der Waals surface area (Å²) in [5.74, 6) is 4.02. The van der Waals surface area contributed by atoms with Gasteiger partial charge in [-0.25, -0.2) is 4.39 Å². The van der Waals surface area contributed by atoms with Gasteiger partial charge in [-0.2, -0.15) is 0 Å². The maximum absolute atomic E-state index is 12.9. The summed E-state index contributed by atoms with van der Waals surface area (Å²) >= 11 is 0. The summed E-state index contributed by atoms with van der Waals surface area (Å²) in [6, 6.07) is 6.41. The van der Waals surface area contributed by atoms with Crippen LogP contribution < -0.4 is 4.74 Å². The Labute approximate surface area is 159 Å². The van der Waals surface area contributed by atoms with Crippen molar-refractivity contribution >= 4 is 0 Å². The molecule has 1 aromatic carbocycles. The smallest absolute Gasteiger partial charge is 0.123 e. The van der Waals surface area contributed by atoms with Crippen molar-refractivity contribution in [3.05, 3.63) is 42.2 Å². The summed E-state index contributed by atoms with van der Waals surface area (Å²) < 4.78 is 18.8. The number of unbranched alkanes of at least 4 members (excludes halogenated alkanes) is 1. The van der Waals surface area contributed by atoms with Gasteiger partial charge in [-0.15, -0.1) is 0 Å². The average molecular weight is 359 g/mol. The molecular weight excluding hydrogens is 323 g/mol. The van der Waals surface area contributed by atoms with Crippen LogP contribution in [0.25, 0.3) is 0 Å². The Morgan fingerprint density at radius 1 is 0.923 bits per heavy atom. The quantitative estimate of drug-likeness (QED) is 0.469. The first-order valence-corrected chi connectivity index (χ1v) is 10.8. The molecule has 2 heteroatoms. The molecule has 2 aliphatic rings. The molecule has 3 rings (SSSR count). The van der Waals surface area contributed by atoms with Crippen LogP contribution in [0, 0.1) is 29.5 Å². The zero-order valence-corrected chi connectivity index (χ0v) is 16.3. The standard InChI is InChI=1S/C24H35FO/c1-2-3-4-5-19-6-10-21(11-7-19)22-12-8-20(9-13-22)18-26-24-16-14-23(25)15-17-24/h4-5,14-17,19-22H,2-3,6-13,18H2,1H3/b5-4+. The molecule has 0 amide bonds. The Kier molecular flexibility index (Phi) is 7.58. The number of ether oxygens (including phenoxy) is 1. The van der Waals surface area contributed by atoms with Crippen molar-refractivity contribution in [2.75, 3.05) is 6.61 Å². The Hall–Kier alpha value is -1.31. The minimum Gasteiger partial charge on any atom is -0.493 e. The highest BCUT2D eigenvalue weighted by Crippen LogP contribution is 2.41. The van der Waals surface area contributed by atoms with Crippen molar-refractivity contribution in [1.82, 2.24) is 0 Å². The number of benzene rings is 1. The molecule has 0 radical (unpaired) electrons. The Bertz CT molecular complexity index is 534. The van der Waals surface area contributed by atoms with Crippen LogP contribution >= 0.6 is 0 Å². The van der Waals surface area contributed by atoms with E-state index in [-0.39, 0.29) is 5.82 Å². The molecule has 2 fully saturated rings. The van der Waals surface area contributed by atoms with E-state index in [1.54, 1.807) is 12.1 Å². The molecule has 144 valence electrons. The van der Waals surface area contributed by atoms with Crippen molar-refractivity contribution in [1.29, 1.82) is 0 Å². The van der Waals surface area contributed by atoms with E-state index >= 15 is 0 Å². The zero-order valence-electron chi connectivity index (χ0n) is 16.3. The molecule has 0 heterocycles. The van der Waals surface area contributed by atoms with Gasteiger partial charge in [0.05, 0.1) is 6.61 Å². The lowest BCUT2D eigenvalue weighted by molar-refractivity contribution is 0.129. The second-order valence-electron chi connectivity index (χ2n) is 8.44. The molecule has 0 bridgehead atoms. The third-order valence-corrected chi connectivity index (χ3v) is 6.54. The van der Waals surface area contributed by atoms with Gasteiger partial charge in [-0.05, 0) is 106 Å². The SMILES string of the molecule is CCC/C=C/C1CCC(C2CCC(COc3ccc(F)cc3)CC2)CC1. The van der Waals surface area contributed by atoms with Gasteiger partial charge in [-0.1, -0.05) is 25.5 Å². The summed E-state index contributed by atoms with van der Waals surface area (Å²) in [6.45, 7) is 3.04. The molecule has 0 spiro atoms. The van der Waals surface area contributed by atoms with Crippen LogP contribution in [0.4, 0.5) is 4.39 Å². The predicted octanol–water partition coefficient (Wildman–Crippen LogP) is 7.17. The minimum atomic E-state index is -0.201. The minimum absolute atomic E-state index is 0.201. The van der Waals surface area contributed by atoms with Crippen molar-refractivity contribution < 1.29 is 9.13 Å². The second kappa shape index (κ2) is 10.1.